The van der Waals surface area contributed by atoms with Crippen LogP contribution in [0, 0.1) is 0 Å². The maximum atomic E-state index is 8.49. The number of aliphatic hydroxyl groups excluding tert-OH is 2. The molecule has 0 aliphatic heterocycles. The molecule has 0 amide bonds. The van der Waals surface area contributed by atoms with Crippen molar-refractivity contribution in [2.45, 2.75) is 6.92 Å². The summed E-state index contributed by atoms with van der Waals surface area (Å²) in [7, 11) is 0. The van der Waals surface area contributed by atoms with Gasteiger partial charge in [-0.25, -0.2) is 0 Å². The molecule has 0 fully saturated rings. The van der Waals surface area contributed by atoms with E-state index >= 15 is 0 Å². The van der Waals surface area contributed by atoms with Crippen molar-refractivity contribution in [2.75, 3.05) is 13.2 Å². The Labute approximate surface area is 55.1 Å². The first kappa shape index (κ1) is 8.40. The fourth-order valence-corrected chi connectivity index (χ4v) is 0.388. The van der Waals surface area contributed by atoms with E-state index in [1.807, 2.05) is 13.0 Å². The smallest absolute Gasteiger partial charge is 0.0666 e. The Morgan fingerprint density at radius 2 is 1.89 bits per heavy atom. The first-order valence-corrected chi connectivity index (χ1v) is 2.87. The van der Waals surface area contributed by atoms with E-state index in [2.05, 4.69) is 0 Å². The number of rotatable bonds is 3. The first-order chi connectivity index (χ1) is 4.35. The highest BCUT2D eigenvalue weighted by molar-refractivity contribution is 5.12. The summed E-state index contributed by atoms with van der Waals surface area (Å²) in [4.78, 5) is 0. The SMILES string of the molecule is CC=CC=C(CO)CO. The van der Waals surface area contributed by atoms with E-state index in [9.17, 15) is 0 Å². The Hall–Kier alpha value is -0.600. The fraction of sp³-hybridized carbons (Fsp3) is 0.429. The Kier molecular flexibility index (Phi) is 5.17. The lowest BCUT2D eigenvalue weighted by molar-refractivity contribution is 0.276. The van der Waals surface area contributed by atoms with Crippen LogP contribution in [0.1, 0.15) is 6.92 Å². The van der Waals surface area contributed by atoms with Crippen LogP contribution in [0.25, 0.3) is 0 Å². The minimum absolute atomic E-state index is 0.0686. The number of aliphatic hydroxyl groups is 2. The lowest BCUT2D eigenvalue weighted by Gasteiger charge is -1.93. The van der Waals surface area contributed by atoms with E-state index < -0.39 is 0 Å². The largest absolute Gasteiger partial charge is 0.392 e. The Bertz CT molecular complexity index is 108. The average Bonchev–Trinajstić information content (AvgIpc) is 1.91. The molecule has 2 nitrogen and oxygen atoms in total. The summed E-state index contributed by atoms with van der Waals surface area (Å²) in [6.45, 7) is 1.74. The topological polar surface area (TPSA) is 40.5 Å². The van der Waals surface area contributed by atoms with Gasteiger partial charge in [0.1, 0.15) is 0 Å². The Balaban J connectivity index is 3.75. The van der Waals surface area contributed by atoms with Gasteiger partial charge in [-0.2, -0.15) is 0 Å². The minimum Gasteiger partial charge on any atom is -0.392 e. The van der Waals surface area contributed by atoms with Crippen LogP contribution in [-0.4, -0.2) is 23.4 Å². The van der Waals surface area contributed by atoms with Crippen molar-refractivity contribution in [3.8, 4) is 0 Å². The number of hydrogen-bond acceptors (Lipinski definition) is 2. The summed E-state index contributed by atoms with van der Waals surface area (Å²) in [5, 5.41) is 17.0. The van der Waals surface area contributed by atoms with Crippen LogP contribution in [0.15, 0.2) is 23.8 Å². The van der Waals surface area contributed by atoms with Crippen LogP contribution in [0.4, 0.5) is 0 Å². The second-order valence-electron chi connectivity index (χ2n) is 1.67. The van der Waals surface area contributed by atoms with Crippen molar-refractivity contribution in [3.05, 3.63) is 23.8 Å². The van der Waals surface area contributed by atoms with Crippen LogP contribution in [-0.2, 0) is 0 Å². The summed E-state index contributed by atoms with van der Waals surface area (Å²) in [6, 6.07) is 0. The van der Waals surface area contributed by atoms with Crippen molar-refractivity contribution in [2.24, 2.45) is 0 Å². The van der Waals surface area contributed by atoms with E-state index in [4.69, 9.17) is 10.2 Å². The van der Waals surface area contributed by atoms with E-state index in [1.165, 1.54) is 0 Å². The molecule has 0 aromatic rings. The zero-order chi connectivity index (χ0) is 7.11. The lowest BCUT2D eigenvalue weighted by atomic mass is 10.3. The van der Waals surface area contributed by atoms with Gasteiger partial charge >= 0.3 is 0 Å². The summed E-state index contributed by atoms with van der Waals surface area (Å²) in [5.41, 5.74) is 0.633. The second-order valence-corrected chi connectivity index (χ2v) is 1.67. The number of allylic oxidation sites excluding steroid dienone is 3. The van der Waals surface area contributed by atoms with Crippen LogP contribution < -0.4 is 0 Å². The highest BCUT2D eigenvalue weighted by atomic mass is 16.3. The molecule has 0 aliphatic carbocycles. The van der Waals surface area contributed by atoms with Gasteiger partial charge in [0.15, 0.2) is 0 Å². The molecular formula is C7H12O2. The fourth-order valence-electron chi connectivity index (χ4n) is 0.388. The van der Waals surface area contributed by atoms with Crippen molar-refractivity contribution >= 4 is 0 Å². The van der Waals surface area contributed by atoms with Crippen LogP contribution in [0.2, 0.25) is 0 Å². The number of hydrogen-bond donors (Lipinski definition) is 2. The van der Waals surface area contributed by atoms with E-state index in [-0.39, 0.29) is 13.2 Å². The van der Waals surface area contributed by atoms with Crippen LogP contribution in [0.5, 0.6) is 0 Å². The molecule has 0 unspecified atom stereocenters. The van der Waals surface area contributed by atoms with E-state index in [0.29, 0.717) is 5.57 Å². The summed E-state index contributed by atoms with van der Waals surface area (Å²) in [5.74, 6) is 0. The molecule has 0 rings (SSSR count). The van der Waals surface area contributed by atoms with Crippen LogP contribution >= 0.6 is 0 Å². The van der Waals surface area contributed by atoms with E-state index in [0.717, 1.165) is 0 Å². The van der Waals surface area contributed by atoms with Gasteiger partial charge in [0.2, 0.25) is 0 Å². The molecule has 0 heterocycles. The lowest BCUT2D eigenvalue weighted by Crippen LogP contribution is -1.94. The Morgan fingerprint density at radius 3 is 2.22 bits per heavy atom. The van der Waals surface area contributed by atoms with Gasteiger partial charge in [0.25, 0.3) is 0 Å². The molecule has 0 atom stereocenters. The normalized spacial score (nSPS) is 10.1. The maximum Gasteiger partial charge on any atom is 0.0666 e. The van der Waals surface area contributed by atoms with Gasteiger partial charge in [0.05, 0.1) is 13.2 Å². The van der Waals surface area contributed by atoms with Crippen molar-refractivity contribution in [1.82, 2.24) is 0 Å². The monoisotopic (exact) mass is 128 g/mol. The standard InChI is InChI=1S/C7H12O2/c1-2-3-4-7(5-8)6-9/h2-4,8-9H,5-6H2,1H3. The molecule has 0 saturated heterocycles. The van der Waals surface area contributed by atoms with Gasteiger partial charge in [-0.15, -0.1) is 0 Å². The van der Waals surface area contributed by atoms with Gasteiger partial charge in [-0.3, -0.25) is 0 Å². The quantitative estimate of drug-likeness (QED) is 0.542. The molecule has 52 valence electrons. The highest BCUT2D eigenvalue weighted by Gasteiger charge is 1.86. The third-order valence-corrected chi connectivity index (χ3v) is 0.931. The molecular weight excluding hydrogens is 116 g/mol. The molecule has 0 aliphatic rings. The molecule has 2 heteroatoms. The van der Waals surface area contributed by atoms with Gasteiger partial charge in [0, 0.05) is 0 Å². The second kappa shape index (κ2) is 5.54. The van der Waals surface area contributed by atoms with Crippen molar-refractivity contribution in [1.29, 1.82) is 0 Å². The minimum atomic E-state index is -0.0686. The van der Waals surface area contributed by atoms with Gasteiger partial charge < -0.3 is 10.2 Å². The summed E-state index contributed by atoms with van der Waals surface area (Å²) >= 11 is 0. The average molecular weight is 128 g/mol. The van der Waals surface area contributed by atoms with E-state index in [1.54, 1.807) is 12.2 Å². The van der Waals surface area contributed by atoms with Gasteiger partial charge in [-0.1, -0.05) is 18.2 Å². The molecule has 9 heavy (non-hydrogen) atoms. The molecule has 0 aromatic heterocycles. The molecule has 0 aromatic carbocycles. The Morgan fingerprint density at radius 1 is 1.33 bits per heavy atom. The maximum absolute atomic E-state index is 8.49. The third-order valence-electron chi connectivity index (χ3n) is 0.931. The summed E-state index contributed by atoms with van der Waals surface area (Å²) < 4.78 is 0. The molecule has 2 N–H and O–H groups in total. The predicted molar refractivity (Wildman–Crippen MR) is 37.1 cm³/mol. The predicted octanol–water partition coefficient (Wildman–Crippen LogP) is 0.474. The molecule has 0 bridgehead atoms. The third kappa shape index (κ3) is 3.94. The van der Waals surface area contributed by atoms with Crippen molar-refractivity contribution in [3.63, 3.8) is 0 Å². The highest BCUT2D eigenvalue weighted by Crippen LogP contribution is 1.90. The van der Waals surface area contributed by atoms with Crippen molar-refractivity contribution < 1.29 is 10.2 Å². The summed E-state index contributed by atoms with van der Waals surface area (Å²) in [6.07, 6.45) is 5.31. The zero-order valence-corrected chi connectivity index (χ0v) is 5.54. The molecule has 0 spiro atoms. The molecule has 0 radical (unpaired) electrons. The first-order valence-electron chi connectivity index (χ1n) is 2.87. The zero-order valence-electron chi connectivity index (χ0n) is 5.54. The van der Waals surface area contributed by atoms with Gasteiger partial charge in [-0.05, 0) is 12.5 Å². The molecule has 0 saturated carbocycles. The van der Waals surface area contributed by atoms with Crippen LogP contribution in [0.3, 0.4) is 0 Å².